The summed E-state index contributed by atoms with van der Waals surface area (Å²) >= 11 is 0. The number of carbonyl (C=O) groups is 2. The first kappa shape index (κ1) is 17.0. The van der Waals surface area contributed by atoms with Gasteiger partial charge in [0.25, 0.3) is 0 Å². The molecule has 2 amide bonds. The van der Waals surface area contributed by atoms with Crippen LogP contribution in [-0.4, -0.2) is 23.3 Å². The van der Waals surface area contributed by atoms with Gasteiger partial charge in [-0.1, -0.05) is 6.07 Å². The summed E-state index contributed by atoms with van der Waals surface area (Å²) in [7, 11) is 0. The van der Waals surface area contributed by atoms with Gasteiger partial charge in [0.05, 0.1) is 12.0 Å². The molecule has 0 aliphatic carbocycles. The summed E-state index contributed by atoms with van der Waals surface area (Å²) in [4.78, 5) is 29.8. The van der Waals surface area contributed by atoms with Crippen LogP contribution in [0.1, 0.15) is 24.9 Å². The van der Waals surface area contributed by atoms with E-state index in [-0.39, 0.29) is 36.5 Å². The molecule has 130 valence electrons. The quantitative estimate of drug-likeness (QED) is 0.926. The van der Waals surface area contributed by atoms with Crippen LogP contribution in [0, 0.1) is 17.6 Å². The van der Waals surface area contributed by atoms with Crippen LogP contribution in [0.15, 0.2) is 42.7 Å². The Kier molecular flexibility index (Phi) is 4.74. The van der Waals surface area contributed by atoms with E-state index in [4.69, 9.17) is 0 Å². The minimum atomic E-state index is -0.763. The standard InChI is InChI=1S/C18H17F2N3O2/c1-11(12-3-2-4-21-9-12)22-18(25)13-5-17(24)23(10-13)16-7-14(19)6-15(20)8-16/h2-4,6-9,11,13H,5,10H2,1H3,(H,22,25)/t11-,13-/m1/s1. The maximum absolute atomic E-state index is 13.4. The maximum atomic E-state index is 13.4. The van der Waals surface area contributed by atoms with Gasteiger partial charge in [-0.15, -0.1) is 0 Å². The van der Waals surface area contributed by atoms with E-state index in [0.717, 1.165) is 23.8 Å². The molecule has 1 aromatic heterocycles. The zero-order valence-corrected chi connectivity index (χ0v) is 13.6. The van der Waals surface area contributed by atoms with E-state index in [9.17, 15) is 18.4 Å². The molecule has 7 heteroatoms. The monoisotopic (exact) mass is 345 g/mol. The van der Waals surface area contributed by atoms with Gasteiger partial charge < -0.3 is 10.2 Å². The van der Waals surface area contributed by atoms with Crippen LogP contribution in [0.4, 0.5) is 14.5 Å². The molecule has 0 unspecified atom stereocenters. The van der Waals surface area contributed by atoms with E-state index >= 15 is 0 Å². The number of rotatable bonds is 4. The first-order chi connectivity index (χ1) is 11.9. The lowest BCUT2D eigenvalue weighted by molar-refractivity contribution is -0.126. The number of aromatic nitrogens is 1. The van der Waals surface area contributed by atoms with Gasteiger partial charge in [-0.05, 0) is 30.7 Å². The van der Waals surface area contributed by atoms with Gasteiger partial charge in [-0.2, -0.15) is 0 Å². The predicted octanol–water partition coefficient (Wildman–Crippen LogP) is 2.59. The number of pyridine rings is 1. The molecule has 3 rings (SSSR count). The topological polar surface area (TPSA) is 62.3 Å². The van der Waals surface area contributed by atoms with E-state index < -0.39 is 17.6 Å². The molecular weight excluding hydrogens is 328 g/mol. The second-order valence-electron chi connectivity index (χ2n) is 6.05. The number of nitrogens with zero attached hydrogens (tertiary/aromatic N) is 2. The van der Waals surface area contributed by atoms with Crippen LogP contribution in [0.2, 0.25) is 0 Å². The molecule has 2 atom stereocenters. The van der Waals surface area contributed by atoms with Crippen LogP contribution in [0.25, 0.3) is 0 Å². The number of anilines is 1. The van der Waals surface area contributed by atoms with Crippen molar-refractivity contribution < 1.29 is 18.4 Å². The minimum absolute atomic E-state index is 0.00370. The van der Waals surface area contributed by atoms with Crippen molar-refractivity contribution in [2.24, 2.45) is 5.92 Å². The summed E-state index contributed by atoms with van der Waals surface area (Å²) in [6.45, 7) is 1.92. The molecule has 1 aliphatic heterocycles. The Balaban J connectivity index is 1.68. The Morgan fingerprint density at radius 1 is 1.32 bits per heavy atom. The maximum Gasteiger partial charge on any atom is 0.227 e. The van der Waals surface area contributed by atoms with Gasteiger partial charge >= 0.3 is 0 Å². The summed E-state index contributed by atoms with van der Waals surface area (Å²) in [6.07, 6.45) is 3.31. The first-order valence-corrected chi connectivity index (χ1v) is 7.91. The lowest BCUT2D eigenvalue weighted by Crippen LogP contribution is -2.34. The number of benzene rings is 1. The normalized spacial score (nSPS) is 18.3. The van der Waals surface area contributed by atoms with E-state index in [1.54, 1.807) is 18.5 Å². The van der Waals surface area contributed by atoms with Gasteiger partial charge in [-0.25, -0.2) is 8.78 Å². The molecule has 0 spiro atoms. The van der Waals surface area contributed by atoms with Crippen molar-refractivity contribution in [3.63, 3.8) is 0 Å². The van der Waals surface area contributed by atoms with Crippen molar-refractivity contribution in [3.05, 3.63) is 59.9 Å². The van der Waals surface area contributed by atoms with E-state index in [2.05, 4.69) is 10.3 Å². The number of amides is 2. The molecule has 2 aromatic rings. The Morgan fingerprint density at radius 3 is 2.68 bits per heavy atom. The third-order valence-corrected chi connectivity index (χ3v) is 4.20. The van der Waals surface area contributed by atoms with Crippen LogP contribution in [0.3, 0.4) is 0 Å². The smallest absolute Gasteiger partial charge is 0.227 e. The molecule has 1 aromatic carbocycles. The molecule has 25 heavy (non-hydrogen) atoms. The fourth-order valence-corrected chi connectivity index (χ4v) is 2.87. The highest BCUT2D eigenvalue weighted by molar-refractivity contribution is 6.00. The molecule has 1 saturated heterocycles. The Bertz CT molecular complexity index is 778. The number of hydrogen-bond donors (Lipinski definition) is 1. The Labute approximate surface area is 143 Å². The fraction of sp³-hybridized carbons (Fsp3) is 0.278. The fourth-order valence-electron chi connectivity index (χ4n) is 2.87. The van der Waals surface area contributed by atoms with Crippen molar-refractivity contribution in [1.29, 1.82) is 0 Å². The second-order valence-corrected chi connectivity index (χ2v) is 6.05. The summed E-state index contributed by atoms with van der Waals surface area (Å²) in [6, 6.07) is 6.27. The molecule has 1 N–H and O–H groups in total. The number of hydrogen-bond acceptors (Lipinski definition) is 3. The van der Waals surface area contributed by atoms with E-state index in [0.29, 0.717) is 0 Å². The molecule has 1 fully saturated rings. The first-order valence-electron chi connectivity index (χ1n) is 7.91. The van der Waals surface area contributed by atoms with Crippen LogP contribution < -0.4 is 10.2 Å². The third-order valence-electron chi connectivity index (χ3n) is 4.20. The third kappa shape index (κ3) is 3.81. The molecular formula is C18H17F2N3O2. The van der Waals surface area contributed by atoms with Gasteiger partial charge in [0.1, 0.15) is 11.6 Å². The lowest BCUT2D eigenvalue weighted by atomic mass is 10.1. The van der Waals surface area contributed by atoms with E-state index in [1.165, 1.54) is 4.90 Å². The summed E-state index contributed by atoms with van der Waals surface area (Å²) in [5, 5.41) is 2.85. The van der Waals surface area contributed by atoms with Crippen molar-refractivity contribution in [1.82, 2.24) is 10.3 Å². The molecule has 2 heterocycles. The lowest BCUT2D eigenvalue weighted by Gasteiger charge is -2.18. The highest BCUT2D eigenvalue weighted by Gasteiger charge is 2.35. The summed E-state index contributed by atoms with van der Waals surface area (Å²) < 4.78 is 26.7. The van der Waals surface area contributed by atoms with Gasteiger partial charge in [0, 0.05) is 37.1 Å². The number of nitrogens with one attached hydrogen (secondary N) is 1. The van der Waals surface area contributed by atoms with Crippen molar-refractivity contribution >= 4 is 17.5 Å². The molecule has 0 bridgehead atoms. The number of carbonyl (C=O) groups excluding carboxylic acids is 2. The minimum Gasteiger partial charge on any atom is -0.349 e. The van der Waals surface area contributed by atoms with Crippen LogP contribution >= 0.6 is 0 Å². The molecule has 5 nitrogen and oxygen atoms in total. The van der Waals surface area contributed by atoms with Gasteiger partial charge in [0.15, 0.2) is 0 Å². The SMILES string of the molecule is C[C@@H](NC(=O)[C@@H]1CC(=O)N(c2cc(F)cc(F)c2)C1)c1cccnc1. The average molecular weight is 345 g/mol. The van der Waals surface area contributed by atoms with Gasteiger partial charge in [-0.3, -0.25) is 14.6 Å². The predicted molar refractivity (Wildman–Crippen MR) is 87.6 cm³/mol. The number of halogens is 2. The van der Waals surface area contributed by atoms with Crippen LogP contribution in [0.5, 0.6) is 0 Å². The highest BCUT2D eigenvalue weighted by atomic mass is 19.1. The summed E-state index contributed by atoms with van der Waals surface area (Å²) in [5.74, 6) is -2.71. The zero-order valence-electron chi connectivity index (χ0n) is 13.6. The summed E-state index contributed by atoms with van der Waals surface area (Å²) in [5.41, 5.74) is 0.974. The van der Waals surface area contributed by atoms with Crippen molar-refractivity contribution in [2.75, 3.05) is 11.4 Å². The zero-order chi connectivity index (χ0) is 18.0. The average Bonchev–Trinajstić information content (AvgIpc) is 2.97. The van der Waals surface area contributed by atoms with Crippen molar-refractivity contribution in [3.8, 4) is 0 Å². The molecule has 0 saturated carbocycles. The van der Waals surface area contributed by atoms with Crippen molar-refractivity contribution in [2.45, 2.75) is 19.4 Å². The Hall–Kier alpha value is -2.83. The van der Waals surface area contributed by atoms with E-state index in [1.807, 2.05) is 13.0 Å². The van der Waals surface area contributed by atoms with Gasteiger partial charge in [0.2, 0.25) is 11.8 Å². The largest absolute Gasteiger partial charge is 0.349 e. The molecule has 1 aliphatic rings. The highest BCUT2D eigenvalue weighted by Crippen LogP contribution is 2.27. The van der Waals surface area contributed by atoms with Crippen LogP contribution in [-0.2, 0) is 9.59 Å². The molecule has 0 radical (unpaired) electrons. The second kappa shape index (κ2) is 6.96. The Morgan fingerprint density at radius 2 is 2.04 bits per heavy atom.